The normalized spacial score (nSPS) is 14.4. The van der Waals surface area contributed by atoms with Crippen LogP contribution < -0.4 is 19.7 Å². The number of fused-ring (bicyclic) bond motifs is 1. The third-order valence-electron chi connectivity index (χ3n) is 4.27. The van der Waals surface area contributed by atoms with Crippen LogP contribution >= 0.6 is 0 Å². The van der Waals surface area contributed by atoms with Crippen molar-refractivity contribution in [3.05, 3.63) is 23.9 Å². The number of piperazine rings is 1. The van der Waals surface area contributed by atoms with E-state index in [9.17, 15) is 4.79 Å². The Hall–Kier alpha value is -2.54. The number of anilines is 1. The number of carbonyl (C=O) groups excluding carboxylic acids is 1. The summed E-state index contributed by atoms with van der Waals surface area (Å²) in [7, 11) is 3.19. The van der Waals surface area contributed by atoms with Crippen LogP contribution in [0.3, 0.4) is 0 Å². The molecule has 25 heavy (non-hydrogen) atoms. The lowest BCUT2D eigenvalue weighted by molar-refractivity contribution is 0.0526. The number of hydrogen-bond acceptors (Lipinski definition) is 7. The van der Waals surface area contributed by atoms with Crippen molar-refractivity contribution in [3.8, 4) is 11.5 Å². The van der Waals surface area contributed by atoms with Gasteiger partial charge in [0.1, 0.15) is 5.56 Å². The number of nitrogens with zero attached hydrogens (tertiary/aromatic N) is 2. The van der Waals surface area contributed by atoms with Gasteiger partial charge in [0.2, 0.25) is 0 Å². The number of rotatable bonds is 5. The van der Waals surface area contributed by atoms with Crippen LogP contribution in [-0.4, -0.2) is 58.0 Å². The second kappa shape index (κ2) is 7.57. The monoisotopic (exact) mass is 345 g/mol. The van der Waals surface area contributed by atoms with E-state index in [1.807, 2.05) is 12.1 Å². The molecule has 0 amide bonds. The van der Waals surface area contributed by atoms with Gasteiger partial charge in [0, 0.05) is 43.8 Å². The molecule has 0 unspecified atom stereocenters. The van der Waals surface area contributed by atoms with Gasteiger partial charge in [-0.15, -0.1) is 0 Å². The Kier molecular flexibility index (Phi) is 5.23. The molecular weight excluding hydrogens is 322 g/mol. The molecule has 1 aliphatic rings. The summed E-state index contributed by atoms with van der Waals surface area (Å²) in [6, 6.07) is 3.70. The molecule has 0 aliphatic carbocycles. The van der Waals surface area contributed by atoms with Crippen molar-refractivity contribution in [1.29, 1.82) is 0 Å². The number of nitrogens with one attached hydrogen (secondary N) is 1. The van der Waals surface area contributed by atoms with Crippen molar-refractivity contribution in [1.82, 2.24) is 10.3 Å². The molecule has 7 heteroatoms. The summed E-state index contributed by atoms with van der Waals surface area (Å²) >= 11 is 0. The number of hydrogen-bond donors (Lipinski definition) is 1. The Morgan fingerprint density at radius 1 is 1.20 bits per heavy atom. The van der Waals surface area contributed by atoms with Crippen molar-refractivity contribution in [2.45, 2.75) is 6.92 Å². The second-order valence-corrected chi connectivity index (χ2v) is 5.70. The molecule has 2 heterocycles. The van der Waals surface area contributed by atoms with Gasteiger partial charge >= 0.3 is 5.97 Å². The fourth-order valence-corrected chi connectivity index (χ4v) is 3.09. The molecule has 134 valence electrons. The zero-order valence-corrected chi connectivity index (χ0v) is 14.8. The highest BCUT2D eigenvalue weighted by Crippen LogP contribution is 2.37. The van der Waals surface area contributed by atoms with Gasteiger partial charge in [-0.25, -0.2) is 4.79 Å². The van der Waals surface area contributed by atoms with Gasteiger partial charge in [0.05, 0.1) is 32.0 Å². The second-order valence-electron chi connectivity index (χ2n) is 5.70. The van der Waals surface area contributed by atoms with Crippen LogP contribution in [0.4, 0.5) is 5.69 Å². The predicted molar refractivity (Wildman–Crippen MR) is 95.9 cm³/mol. The lowest BCUT2D eigenvalue weighted by Crippen LogP contribution is -2.44. The maximum Gasteiger partial charge on any atom is 0.341 e. The summed E-state index contributed by atoms with van der Waals surface area (Å²) in [5.74, 6) is 0.854. The van der Waals surface area contributed by atoms with Crippen molar-refractivity contribution in [2.75, 3.05) is 51.9 Å². The summed E-state index contributed by atoms with van der Waals surface area (Å²) in [5.41, 5.74) is 2.06. The Bertz CT molecular complexity index is 772. The minimum Gasteiger partial charge on any atom is -0.493 e. The standard InChI is InChI=1S/C18H23N3O4/c1-4-25-18(22)13-11-20-14-10-16(24-3)15(23-2)9-12(14)17(13)21-7-5-19-6-8-21/h9-11,19H,4-8H2,1-3H3. The molecule has 2 aromatic rings. The predicted octanol–water partition coefficient (Wildman–Crippen LogP) is 1.84. The van der Waals surface area contributed by atoms with E-state index < -0.39 is 0 Å². The first-order chi connectivity index (χ1) is 12.2. The SMILES string of the molecule is CCOC(=O)c1cnc2cc(OC)c(OC)cc2c1N1CCNCC1. The summed E-state index contributed by atoms with van der Waals surface area (Å²) < 4.78 is 16.0. The summed E-state index contributed by atoms with van der Waals surface area (Å²) in [6.07, 6.45) is 1.59. The minimum atomic E-state index is -0.361. The molecule has 0 radical (unpaired) electrons. The number of methoxy groups -OCH3 is 2. The number of aromatic nitrogens is 1. The highest BCUT2D eigenvalue weighted by atomic mass is 16.5. The van der Waals surface area contributed by atoms with Gasteiger partial charge < -0.3 is 24.4 Å². The molecule has 0 saturated carbocycles. The van der Waals surface area contributed by atoms with E-state index in [1.54, 1.807) is 27.3 Å². The topological polar surface area (TPSA) is 72.9 Å². The fraction of sp³-hybridized carbons (Fsp3) is 0.444. The molecule has 1 aromatic carbocycles. The average molecular weight is 345 g/mol. The van der Waals surface area contributed by atoms with E-state index in [1.165, 1.54) is 0 Å². The molecule has 1 saturated heterocycles. The van der Waals surface area contributed by atoms with Gasteiger partial charge in [-0.3, -0.25) is 4.98 Å². The molecule has 1 fully saturated rings. The van der Waals surface area contributed by atoms with Crippen LogP contribution in [0.5, 0.6) is 11.5 Å². The van der Waals surface area contributed by atoms with E-state index in [4.69, 9.17) is 14.2 Å². The molecule has 7 nitrogen and oxygen atoms in total. The van der Waals surface area contributed by atoms with Crippen molar-refractivity contribution >= 4 is 22.6 Å². The molecular formula is C18H23N3O4. The van der Waals surface area contributed by atoms with Crippen LogP contribution in [0.2, 0.25) is 0 Å². The summed E-state index contributed by atoms with van der Waals surface area (Å²) in [4.78, 5) is 19.1. The molecule has 1 N–H and O–H groups in total. The van der Waals surface area contributed by atoms with E-state index in [0.717, 1.165) is 42.8 Å². The minimum absolute atomic E-state index is 0.323. The van der Waals surface area contributed by atoms with Gasteiger partial charge in [-0.05, 0) is 13.0 Å². The first-order valence-electron chi connectivity index (χ1n) is 8.37. The van der Waals surface area contributed by atoms with Crippen LogP contribution in [0.15, 0.2) is 18.3 Å². The summed E-state index contributed by atoms with van der Waals surface area (Å²) in [5, 5.41) is 4.18. The molecule has 1 aromatic heterocycles. The summed E-state index contributed by atoms with van der Waals surface area (Å²) in [6.45, 7) is 5.45. The number of esters is 1. The van der Waals surface area contributed by atoms with E-state index >= 15 is 0 Å². The number of carbonyl (C=O) groups is 1. The zero-order chi connectivity index (χ0) is 17.8. The van der Waals surface area contributed by atoms with E-state index in [0.29, 0.717) is 23.7 Å². The average Bonchev–Trinajstić information content (AvgIpc) is 2.66. The quantitative estimate of drug-likeness (QED) is 0.829. The molecule has 3 rings (SSSR count). The zero-order valence-electron chi connectivity index (χ0n) is 14.8. The Labute approximate surface area is 146 Å². The smallest absolute Gasteiger partial charge is 0.341 e. The highest BCUT2D eigenvalue weighted by molar-refractivity contribution is 6.06. The lowest BCUT2D eigenvalue weighted by atomic mass is 10.1. The highest BCUT2D eigenvalue weighted by Gasteiger charge is 2.24. The number of ether oxygens (including phenoxy) is 3. The third-order valence-corrected chi connectivity index (χ3v) is 4.27. The van der Waals surface area contributed by atoms with Crippen molar-refractivity contribution < 1.29 is 19.0 Å². The maximum atomic E-state index is 12.5. The van der Waals surface area contributed by atoms with Gasteiger partial charge in [-0.2, -0.15) is 0 Å². The fourth-order valence-electron chi connectivity index (χ4n) is 3.09. The van der Waals surface area contributed by atoms with E-state index in [-0.39, 0.29) is 5.97 Å². The van der Waals surface area contributed by atoms with Crippen molar-refractivity contribution in [2.24, 2.45) is 0 Å². The van der Waals surface area contributed by atoms with Gasteiger partial charge in [0.15, 0.2) is 11.5 Å². The van der Waals surface area contributed by atoms with Gasteiger partial charge in [-0.1, -0.05) is 0 Å². The van der Waals surface area contributed by atoms with Crippen LogP contribution in [-0.2, 0) is 4.74 Å². The molecule has 0 spiro atoms. The Morgan fingerprint density at radius 3 is 2.52 bits per heavy atom. The maximum absolute atomic E-state index is 12.5. The van der Waals surface area contributed by atoms with Crippen LogP contribution in [0.25, 0.3) is 10.9 Å². The van der Waals surface area contributed by atoms with Crippen LogP contribution in [0, 0.1) is 0 Å². The number of pyridine rings is 1. The Balaban J connectivity index is 2.22. The van der Waals surface area contributed by atoms with Crippen molar-refractivity contribution in [3.63, 3.8) is 0 Å². The molecule has 0 atom stereocenters. The van der Waals surface area contributed by atoms with E-state index in [2.05, 4.69) is 15.2 Å². The molecule has 1 aliphatic heterocycles. The third kappa shape index (κ3) is 3.32. The Morgan fingerprint density at radius 2 is 1.88 bits per heavy atom. The van der Waals surface area contributed by atoms with Gasteiger partial charge in [0.25, 0.3) is 0 Å². The lowest BCUT2D eigenvalue weighted by Gasteiger charge is -2.31. The first-order valence-corrected chi connectivity index (χ1v) is 8.37. The molecule has 0 bridgehead atoms. The first kappa shape index (κ1) is 17.3. The van der Waals surface area contributed by atoms with Crippen LogP contribution in [0.1, 0.15) is 17.3 Å². The largest absolute Gasteiger partial charge is 0.493 e. The number of benzene rings is 1.